The van der Waals surface area contributed by atoms with Crippen molar-refractivity contribution in [2.45, 2.75) is 96.1 Å². The van der Waals surface area contributed by atoms with Gasteiger partial charge in [-0.1, -0.05) is 90.4 Å². The molecule has 0 nitrogen and oxygen atoms in total. The van der Waals surface area contributed by atoms with Crippen molar-refractivity contribution in [2.75, 3.05) is 5.75 Å². The number of hydrogen-bond acceptors (Lipinski definition) is 1. The molecule has 2 aromatic rings. The zero-order valence-corrected chi connectivity index (χ0v) is 20.5. The molecule has 1 aliphatic carbocycles. The second kappa shape index (κ2) is 8.50. The third kappa shape index (κ3) is 4.46. The first kappa shape index (κ1) is 22.5. The van der Waals surface area contributed by atoms with Gasteiger partial charge in [-0.15, -0.1) is 11.8 Å². The lowest BCUT2D eigenvalue weighted by Gasteiger charge is -2.43. The van der Waals surface area contributed by atoms with Gasteiger partial charge in [-0.25, -0.2) is 0 Å². The van der Waals surface area contributed by atoms with Crippen molar-refractivity contribution in [3.63, 3.8) is 0 Å². The molecule has 0 aliphatic heterocycles. The molecule has 0 radical (unpaired) electrons. The third-order valence-electron chi connectivity index (χ3n) is 7.04. The van der Waals surface area contributed by atoms with E-state index in [4.69, 9.17) is 0 Å². The molecule has 1 heteroatoms. The Morgan fingerprint density at radius 2 is 1.38 bits per heavy atom. The summed E-state index contributed by atoms with van der Waals surface area (Å²) in [5.74, 6) is 1.18. The van der Waals surface area contributed by atoms with E-state index in [1.54, 1.807) is 11.1 Å². The number of hydrogen-bond donors (Lipinski definition) is 0. The van der Waals surface area contributed by atoms with E-state index in [9.17, 15) is 0 Å². The quantitative estimate of drug-likeness (QED) is 0.443. The van der Waals surface area contributed by atoms with Gasteiger partial charge in [0.15, 0.2) is 0 Å². The summed E-state index contributed by atoms with van der Waals surface area (Å²) in [4.78, 5) is 0. The average molecular weight is 409 g/mol. The van der Waals surface area contributed by atoms with E-state index in [-0.39, 0.29) is 15.6 Å². The maximum absolute atomic E-state index is 2.55. The topological polar surface area (TPSA) is 0 Å². The largest absolute Gasteiger partial charge is 0.146 e. The third-order valence-corrected chi connectivity index (χ3v) is 8.70. The van der Waals surface area contributed by atoms with Crippen LogP contribution in [0.5, 0.6) is 0 Å². The number of thioether (sulfide) groups is 1. The van der Waals surface area contributed by atoms with Crippen LogP contribution in [0.15, 0.2) is 42.5 Å². The lowest BCUT2D eigenvalue weighted by molar-refractivity contribution is 0.331. The van der Waals surface area contributed by atoms with Gasteiger partial charge in [-0.05, 0) is 77.0 Å². The summed E-state index contributed by atoms with van der Waals surface area (Å²) < 4.78 is -0.00649. The summed E-state index contributed by atoms with van der Waals surface area (Å²) in [5.41, 5.74) is 8.00. The van der Waals surface area contributed by atoms with Crippen LogP contribution in [-0.2, 0) is 22.0 Å². The van der Waals surface area contributed by atoms with E-state index in [0.29, 0.717) is 0 Å². The second-order valence-electron chi connectivity index (χ2n) is 10.4. The molecular formula is C28H40S. The minimum absolute atomic E-state index is 0.00649. The summed E-state index contributed by atoms with van der Waals surface area (Å²) in [6.07, 6.45) is 6.11. The molecule has 158 valence electrons. The maximum atomic E-state index is 2.55. The summed E-state index contributed by atoms with van der Waals surface area (Å²) in [6, 6.07) is 16.9. The van der Waals surface area contributed by atoms with Crippen molar-refractivity contribution >= 4 is 11.8 Å². The van der Waals surface area contributed by atoms with Crippen LogP contribution in [0.25, 0.3) is 0 Å². The Kier molecular flexibility index (Phi) is 6.59. The van der Waals surface area contributed by atoms with Crippen molar-refractivity contribution in [1.82, 2.24) is 0 Å². The number of fused-ring (bicyclic) bond motifs is 1. The Bertz CT molecular complexity index is 828. The van der Waals surface area contributed by atoms with Crippen molar-refractivity contribution in [3.05, 3.63) is 70.3 Å². The summed E-state index contributed by atoms with van der Waals surface area (Å²) >= 11 is 2.10. The molecule has 1 aliphatic rings. The van der Waals surface area contributed by atoms with Crippen molar-refractivity contribution in [3.8, 4) is 0 Å². The van der Waals surface area contributed by atoms with Gasteiger partial charge in [0.1, 0.15) is 0 Å². The lowest BCUT2D eigenvalue weighted by atomic mass is 9.62. The van der Waals surface area contributed by atoms with Gasteiger partial charge in [0.2, 0.25) is 0 Å². The fraction of sp³-hybridized carbons (Fsp3) is 0.571. The van der Waals surface area contributed by atoms with Gasteiger partial charge < -0.3 is 0 Å². The predicted octanol–water partition coefficient (Wildman–Crippen LogP) is 8.39. The van der Waals surface area contributed by atoms with Crippen LogP contribution in [0.1, 0.15) is 102 Å². The van der Waals surface area contributed by atoms with Crippen LogP contribution in [-0.4, -0.2) is 5.75 Å². The first-order valence-electron chi connectivity index (χ1n) is 11.5. The van der Waals surface area contributed by atoms with E-state index < -0.39 is 0 Å². The summed E-state index contributed by atoms with van der Waals surface area (Å²) in [5, 5.41) is 0. The highest BCUT2D eigenvalue weighted by Crippen LogP contribution is 2.49. The van der Waals surface area contributed by atoms with Crippen LogP contribution in [0.2, 0.25) is 0 Å². The molecule has 0 spiro atoms. The monoisotopic (exact) mass is 408 g/mol. The van der Waals surface area contributed by atoms with Crippen LogP contribution in [0, 0.1) is 0 Å². The van der Waals surface area contributed by atoms with Gasteiger partial charge in [0, 0.05) is 0 Å². The van der Waals surface area contributed by atoms with Crippen LogP contribution in [0.4, 0.5) is 0 Å². The Balaban J connectivity index is 2.10. The van der Waals surface area contributed by atoms with Gasteiger partial charge in [-0.3, -0.25) is 0 Å². The summed E-state index contributed by atoms with van der Waals surface area (Å²) in [7, 11) is 0. The fourth-order valence-corrected chi connectivity index (χ4v) is 6.01. The van der Waals surface area contributed by atoms with Gasteiger partial charge >= 0.3 is 0 Å². The summed E-state index contributed by atoms with van der Waals surface area (Å²) in [6.45, 7) is 16.7. The molecule has 0 fully saturated rings. The van der Waals surface area contributed by atoms with Gasteiger partial charge in [0.05, 0.1) is 4.75 Å². The molecule has 2 aromatic carbocycles. The lowest BCUT2D eigenvalue weighted by Crippen LogP contribution is -2.34. The average Bonchev–Trinajstić information content (AvgIpc) is 2.70. The molecule has 0 heterocycles. The van der Waals surface area contributed by atoms with Crippen LogP contribution >= 0.6 is 11.8 Å². The fourth-order valence-electron chi connectivity index (χ4n) is 4.80. The number of rotatable bonds is 7. The Hall–Kier alpha value is -1.21. The van der Waals surface area contributed by atoms with E-state index in [0.717, 1.165) is 0 Å². The van der Waals surface area contributed by atoms with Crippen LogP contribution < -0.4 is 0 Å². The maximum Gasteiger partial charge on any atom is 0.0628 e. The predicted molar refractivity (Wildman–Crippen MR) is 131 cm³/mol. The first-order valence-corrected chi connectivity index (χ1v) is 12.5. The smallest absolute Gasteiger partial charge is 0.0628 e. The van der Waals surface area contributed by atoms with Gasteiger partial charge in [-0.2, -0.15) is 0 Å². The van der Waals surface area contributed by atoms with Gasteiger partial charge in [0.25, 0.3) is 0 Å². The molecule has 1 atom stereocenters. The van der Waals surface area contributed by atoms with Crippen molar-refractivity contribution in [2.24, 2.45) is 0 Å². The van der Waals surface area contributed by atoms with E-state index in [2.05, 4.69) is 103 Å². The number of aryl methyl sites for hydroxylation is 1. The zero-order valence-electron chi connectivity index (χ0n) is 19.7. The molecule has 0 saturated carbocycles. The number of benzene rings is 2. The van der Waals surface area contributed by atoms with Crippen LogP contribution in [0.3, 0.4) is 0 Å². The molecule has 0 saturated heterocycles. The molecule has 0 bridgehead atoms. The van der Waals surface area contributed by atoms with E-state index in [1.807, 2.05) is 0 Å². The normalized spacial score (nSPS) is 19.4. The first-order chi connectivity index (χ1) is 13.6. The highest BCUT2D eigenvalue weighted by Gasteiger charge is 2.39. The molecule has 1 unspecified atom stereocenters. The zero-order chi connectivity index (χ0) is 21.3. The van der Waals surface area contributed by atoms with Crippen molar-refractivity contribution in [1.29, 1.82) is 0 Å². The Morgan fingerprint density at radius 3 is 1.97 bits per heavy atom. The highest BCUT2D eigenvalue weighted by molar-refractivity contribution is 8.00. The Morgan fingerprint density at radius 1 is 0.793 bits per heavy atom. The highest BCUT2D eigenvalue weighted by atomic mass is 32.2. The van der Waals surface area contributed by atoms with E-state index >= 15 is 0 Å². The molecular weight excluding hydrogens is 368 g/mol. The van der Waals surface area contributed by atoms with E-state index in [1.165, 1.54) is 54.5 Å². The molecule has 0 aromatic heterocycles. The molecule has 0 amide bonds. The second-order valence-corrected chi connectivity index (χ2v) is 11.9. The SMILES string of the molecule is CCCSC(C)(c1ccc(CCC)cc1)c1ccc2c(c1)C(C)(C)CCC2(C)C. The standard InChI is InChI=1S/C28H40S/c1-8-10-21-11-13-22(14-12-21)28(7,29-19-9-2)23-15-16-24-25(20-23)27(5,6)18-17-26(24,3)4/h11-16,20H,8-10,17-19H2,1-7H3. The molecule has 3 rings (SSSR count). The minimum Gasteiger partial charge on any atom is -0.146 e. The molecule has 29 heavy (non-hydrogen) atoms. The Labute approximate surface area is 183 Å². The molecule has 0 N–H and O–H groups in total. The minimum atomic E-state index is -0.00649. The van der Waals surface area contributed by atoms with Crippen molar-refractivity contribution < 1.29 is 0 Å².